The molecule has 1 aliphatic heterocycles. The van der Waals surface area contributed by atoms with Crippen molar-refractivity contribution in [3.8, 4) is 33.4 Å². The van der Waals surface area contributed by atoms with E-state index < -0.39 is 0 Å². The van der Waals surface area contributed by atoms with Gasteiger partial charge in [-0.15, -0.1) is 0 Å². The molecule has 0 saturated heterocycles. The van der Waals surface area contributed by atoms with Crippen LogP contribution in [0.15, 0.2) is 134 Å². The summed E-state index contributed by atoms with van der Waals surface area (Å²) in [6.45, 7) is 0.816. The molecule has 2 aromatic heterocycles. The Balaban J connectivity index is 1.50. The normalized spacial score (nSPS) is 12.9. The van der Waals surface area contributed by atoms with Crippen molar-refractivity contribution >= 4 is 27.1 Å². The summed E-state index contributed by atoms with van der Waals surface area (Å²) >= 11 is 0. The predicted octanol–water partition coefficient (Wildman–Crippen LogP) is 8.28. The van der Waals surface area contributed by atoms with Gasteiger partial charge in [0.05, 0.1) is 5.69 Å². The van der Waals surface area contributed by atoms with Crippen LogP contribution in [0.4, 0.5) is 0 Å². The van der Waals surface area contributed by atoms with Crippen molar-refractivity contribution in [3.63, 3.8) is 0 Å². The third kappa shape index (κ3) is 3.86. The van der Waals surface area contributed by atoms with Gasteiger partial charge in [0.25, 0.3) is 0 Å². The maximum absolute atomic E-state index is 4.70. The molecule has 1 N–H and O–H groups in total. The highest BCUT2D eigenvalue weighted by atomic mass is 14.8. The summed E-state index contributed by atoms with van der Waals surface area (Å²) in [5.41, 5.74) is 9.36. The van der Waals surface area contributed by atoms with Gasteiger partial charge in [-0.1, -0.05) is 72.8 Å². The summed E-state index contributed by atoms with van der Waals surface area (Å²) in [7, 11) is 0. The summed E-state index contributed by atoms with van der Waals surface area (Å²) in [4.78, 5) is 8.89. The van der Waals surface area contributed by atoms with Gasteiger partial charge >= 0.3 is 0 Å². The van der Waals surface area contributed by atoms with E-state index in [4.69, 9.17) is 4.98 Å². The van der Waals surface area contributed by atoms with Crippen molar-refractivity contribution in [1.82, 2.24) is 15.3 Å². The number of aromatic nitrogens is 2. The van der Waals surface area contributed by atoms with Crippen LogP contribution >= 0.6 is 0 Å². The number of allylic oxidation sites excluding steroid dienone is 2. The van der Waals surface area contributed by atoms with Crippen LogP contribution in [-0.2, 0) is 0 Å². The highest BCUT2D eigenvalue weighted by molar-refractivity contribution is 6.21. The first kappa shape index (κ1) is 22.2. The number of rotatable bonds is 4. The zero-order valence-corrected chi connectivity index (χ0v) is 20.8. The third-order valence-corrected chi connectivity index (χ3v) is 7.26. The van der Waals surface area contributed by atoms with Crippen molar-refractivity contribution in [2.24, 2.45) is 0 Å². The Bertz CT molecular complexity index is 1810. The summed E-state index contributed by atoms with van der Waals surface area (Å²) < 4.78 is 0. The fraction of sp³-hybridized carbons (Fsp3) is 0.0286. The van der Waals surface area contributed by atoms with E-state index in [2.05, 4.69) is 120 Å². The summed E-state index contributed by atoms with van der Waals surface area (Å²) in [5, 5.41) is 8.19. The fourth-order valence-corrected chi connectivity index (χ4v) is 5.54. The number of benzene rings is 4. The highest BCUT2D eigenvalue weighted by Crippen LogP contribution is 2.44. The molecule has 0 aliphatic carbocycles. The van der Waals surface area contributed by atoms with Crippen molar-refractivity contribution in [3.05, 3.63) is 140 Å². The molecule has 1 aliphatic rings. The van der Waals surface area contributed by atoms with E-state index in [1.54, 1.807) is 0 Å². The number of fused-ring (bicyclic) bond motifs is 2. The lowest BCUT2D eigenvalue weighted by Crippen LogP contribution is -2.08. The molecule has 0 atom stereocenters. The molecule has 0 unspecified atom stereocenters. The average molecular weight is 488 g/mol. The number of hydrogen-bond donors (Lipinski definition) is 1. The van der Waals surface area contributed by atoms with Gasteiger partial charge in [0.15, 0.2) is 0 Å². The smallest absolute Gasteiger partial charge is 0.0706 e. The number of dihydropyridines is 1. The van der Waals surface area contributed by atoms with Crippen LogP contribution in [0.25, 0.3) is 60.5 Å². The maximum atomic E-state index is 4.70. The number of nitrogens with zero attached hydrogens (tertiary/aromatic N) is 2. The van der Waals surface area contributed by atoms with Gasteiger partial charge in [0.2, 0.25) is 0 Å². The van der Waals surface area contributed by atoms with E-state index >= 15 is 0 Å². The van der Waals surface area contributed by atoms with Crippen LogP contribution in [0.3, 0.4) is 0 Å². The molecule has 0 bridgehead atoms. The molecule has 0 radical (unpaired) electrons. The lowest BCUT2D eigenvalue weighted by Gasteiger charge is -2.18. The molecule has 4 aromatic carbocycles. The second kappa shape index (κ2) is 9.45. The van der Waals surface area contributed by atoms with E-state index in [1.807, 2.05) is 24.8 Å². The van der Waals surface area contributed by atoms with Gasteiger partial charge in [-0.05, 0) is 103 Å². The second-order valence-corrected chi connectivity index (χ2v) is 9.49. The van der Waals surface area contributed by atoms with Crippen LogP contribution in [0.5, 0.6) is 0 Å². The van der Waals surface area contributed by atoms with E-state index in [-0.39, 0.29) is 0 Å². The maximum Gasteiger partial charge on any atom is 0.0706 e. The van der Waals surface area contributed by atoms with Gasteiger partial charge in [0.1, 0.15) is 0 Å². The van der Waals surface area contributed by atoms with Crippen molar-refractivity contribution < 1.29 is 0 Å². The van der Waals surface area contributed by atoms with Gasteiger partial charge in [-0.2, -0.15) is 0 Å². The van der Waals surface area contributed by atoms with Crippen molar-refractivity contribution in [2.75, 3.05) is 6.54 Å². The van der Waals surface area contributed by atoms with Gasteiger partial charge in [0, 0.05) is 25.1 Å². The quantitative estimate of drug-likeness (QED) is 0.254. The Morgan fingerprint density at radius 2 is 1.16 bits per heavy atom. The Morgan fingerprint density at radius 1 is 0.553 bits per heavy atom. The minimum atomic E-state index is 0.816. The molecular weight excluding hydrogens is 462 g/mol. The van der Waals surface area contributed by atoms with Gasteiger partial charge in [-0.3, -0.25) is 9.97 Å². The van der Waals surface area contributed by atoms with Crippen molar-refractivity contribution in [1.29, 1.82) is 0 Å². The van der Waals surface area contributed by atoms with E-state index in [0.29, 0.717) is 0 Å². The summed E-state index contributed by atoms with van der Waals surface area (Å²) in [6.07, 6.45) is 11.9. The predicted molar refractivity (Wildman–Crippen MR) is 158 cm³/mol. The number of hydrogen-bond acceptors (Lipinski definition) is 3. The first-order valence-corrected chi connectivity index (χ1v) is 12.9. The highest BCUT2D eigenvalue weighted by Gasteiger charge is 2.17. The van der Waals surface area contributed by atoms with Crippen molar-refractivity contribution in [2.45, 2.75) is 0 Å². The monoisotopic (exact) mass is 487 g/mol. The minimum absolute atomic E-state index is 0.816. The molecule has 0 saturated carbocycles. The van der Waals surface area contributed by atoms with Crippen LogP contribution < -0.4 is 5.32 Å². The molecule has 3 nitrogen and oxygen atoms in total. The lowest BCUT2D eigenvalue weighted by molar-refractivity contribution is 0.974. The van der Waals surface area contributed by atoms with E-state index in [9.17, 15) is 0 Å². The Hall–Kier alpha value is -5.02. The molecule has 0 amide bonds. The fourth-order valence-electron chi connectivity index (χ4n) is 5.54. The molecule has 3 heterocycles. The largest absolute Gasteiger partial charge is 0.387 e. The Labute approximate surface area is 221 Å². The summed E-state index contributed by atoms with van der Waals surface area (Å²) in [6, 6.07) is 34.9. The van der Waals surface area contributed by atoms with Gasteiger partial charge in [-0.25, -0.2) is 0 Å². The van der Waals surface area contributed by atoms with Crippen LogP contribution in [0.1, 0.15) is 5.69 Å². The molecule has 0 fully saturated rings. The summed E-state index contributed by atoms with van der Waals surface area (Å²) in [5.74, 6) is 0. The van der Waals surface area contributed by atoms with Crippen LogP contribution in [-0.4, -0.2) is 16.5 Å². The standard InChI is InChI=1S/C35H25N3/c1-3-10-31-29(8-1)34(27-7-5-6-26(22-27)24-12-17-36-18-13-24)30-9-2-4-11-32(30)35(31)28-16-21-38-33(23-28)25-14-19-37-20-15-25/h1-19,21-23,37H,20H2. The van der Waals surface area contributed by atoms with E-state index in [1.165, 1.54) is 49.4 Å². The Morgan fingerprint density at radius 3 is 1.79 bits per heavy atom. The topological polar surface area (TPSA) is 37.8 Å². The molecule has 7 rings (SSSR count). The molecule has 3 heteroatoms. The molecule has 180 valence electrons. The van der Waals surface area contributed by atoms with Gasteiger partial charge < -0.3 is 5.32 Å². The first-order valence-electron chi connectivity index (χ1n) is 12.9. The number of nitrogens with one attached hydrogen (secondary N) is 1. The molecular formula is C35H25N3. The zero-order valence-electron chi connectivity index (χ0n) is 20.8. The SMILES string of the molecule is C1=CC(c2cc(-c3c4ccccc4c(-c4cccc(-c5ccncc5)c4)c4ccccc34)ccn2)=CCN1. The molecule has 0 spiro atoms. The van der Waals surface area contributed by atoms with Crippen LogP contribution in [0, 0.1) is 0 Å². The molecule has 38 heavy (non-hydrogen) atoms. The average Bonchev–Trinajstić information content (AvgIpc) is 3.01. The van der Waals surface area contributed by atoms with E-state index in [0.717, 1.165) is 23.4 Å². The lowest BCUT2D eigenvalue weighted by atomic mass is 9.85. The zero-order chi connectivity index (χ0) is 25.3. The molecule has 6 aromatic rings. The first-order chi connectivity index (χ1) is 18.9. The van der Waals surface area contributed by atoms with Crippen LogP contribution in [0.2, 0.25) is 0 Å². The Kier molecular flexibility index (Phi) is 5.52. The number of pyridine rings is 2. The minimum Gasteiger partial charge on any atom is -0.387 e. The second-order valence-electron chi connectivity index (χ2n) is 9.49. The third-order valence-electron chi connectivity index (χ3n) is 7.26.